The molecule has 0 aliphatic heterocycles. The summed E-state index contributed by atoms with van der Waals surface area (Å²) in [5, 5.41) is 0. The van der Waals surface area contributed by atoms with Crippen molar-refractivity contribution in [3.8, 4) is 22.6 Å². The van der Waals surface area contributed by atoms with Gasteiger partial charge in [0.25, 0.3) is 0 Å². The van der Waals surface area contributed by atoms with Gasteiger partial charge in [0.15, 0.2) is 23.0 Å². The van der Waals surface area contributed by atoms with Crippen LogP contribution in [-0.2, 0) is 12.8 Å². The summed E-state index contributed by atoms with van der Waals surface area (Å²) in [4.78, 5) is 23.2. The number of rotatable bonds is 5. The van der Waals surface area contributed by atoms with Gasteiger partial charge in [0, 0.05) is 24.0 Å². The summed E-state index contributed by atoms with van der Waals surface area (Å²) in [5.74, 6) is 0.0146. The summed E-state index contributed by atoms with van der Waals surface area (Å²) >= 11 is 0. The highest BCUT2D eigenvalue weighted by atomic mass is 16.6. The Bertz CT molecular complexity index is 1160. The maximum Gasteiger partial charge on any atom is 0.519 e. The van der Waals surface area contributed by atoms with Crippen LogP contribution in [0.15, 0.2) is 81.9 Å². The average molecular weight is 364 g/mol. The molecule has 0 saturated carbocycles. The lowest BCUT2D eigenvalue weighted by atomic mass is 10.1. The molecule has 27 heavy (non-hydrogen) atoms. The molecule has 0 radical (unpaired) electrons. The van der Waals surface area contributed by atoms with Crippen LogP contribution in [0.4, 0.5) is 0 Å². The van der Waals surface area contributed by atoms with Crippen LogP contribution in [0.5, 0.6) is 0 Å². The molecule has 0 saturated heterocycles. The maximum atomic E-state index is 11.6. The van der Waals surface area contributed by atoms with Crippen molar-refractivity contribution in [3.05, 3.63) is 92.9 Å². The molecule has 6 nitrogen and oxygen atoms in total. The summed E-state index contributed by atoms with van der Waals surface area (Å²) in [7, 11) is 0. The van der Waals surface area contributed by atoms with Crippen LogP contribution in [0.25, 0.3) is 22.6 Å². The van der Waals surface area contributed by atoms with Crippen molar-refractivity contribution in [2.24, 2.45) is 0 Å². The highest BCUT2D eigenvalue weighted by Crippen LogP contribution is 2.27. The molecule has 2 heterocycles. The number of hydrogen-bond donors (Lipinski definition) is 0. The van der Waals surface area contributed by atoms with E-state index in [2.05, 4.69) is 0 Å². The van der Waals surface area contributed by atoms with Crippen LogP contribution in [0.1, 0.15) is 17.1 Å². The summed E-state index contributed by atoms with van der Waals surface area (Å²) < 4.78 is 20.8. The number of hydrogen-bond acceptors (Lipinski definition) is 6. The van der Waals surface area contributed by atoms with E-state index in [1.165, 1.54) is 0 Å². The molecule has 2 aromatic heterocycles. The van der Waals surface area contributed by atoms with E-state index in [1.807, 2.05) is 61.5 Å². The first-order valence-corrected chi connectivity index (χ1v) is 8.48. The fraction of sp³-hybridized carbons (Fsp3) is 0.143. The van der Waals surface area contributed by atoms with Crippen molar-refractivity contribution in [2.45, 2.75) is 19.8 Å². The van der Waals surface area contributed by atoms with E-state index in [9.17, 15) is 9.59 Å². The van der Waals surface area contributed by atoms with E-state index in [4.69, 9.17) is 17.7 Å². The molecule has 0 aliphatic carbocycles. The largest absolute Gasteiger partial charge is 0.519 e. The molecule has 0 fully saturated rings. The molecule has 0 spiro atoms. The second-order valence-corrected chi connectivity index (χ2v) is 6.14. The van der Waals surface area contributed by atoms with E-state index >= 15 is 0 Å². The molecule has 0 N–H and O–H groups in total. The Morgan fingerprint density at radius 1 is 0.630 bits per heavy atom. The van der Waals surface area contributed by atoms with Crippen molar-refractivity contribution < 1.29 is 17.7 Å². The van der Waals surface area contributed by atoms with Crippen molar-refractivity contribution in [1.82, 2.24) is 0 Å². The highest BCUT2D eigenvalue weighted by molar-refractivity contribution is 5.60. The van der Waals surface area contributed by atoms with E-state index in [0.29, 0.717) is 35.9 Å². The lowest BCUT2D eigenvalue weighted by molar-refractivity contribution is 0.365. The van der Waals surface area contributed by atoms with Crippen LogP contribution in [-0.4, -0.2) is 0 Å². The van der Waals surface area contributed by atoms with Crippen LogP contribution in [0, 0.1) is 6.92 Å². The summed E-state index contributed by atoms with van der Waals surface area (Å²) in [5.41, 5.74) is 2.59. The van der Waals surface area contributed by atoms with Gasteiger partial charge in [0.05, 0.1) is 0 Å². The Morgan fingerprint density at radius 3 is 1.63 bits per heavy atom. The van der Waals surface area contributed by atoms with E-state index < -0.39 is 11.6 Å². The Labute approximate surface area is 153 Å². The number of aryl methyl sites for hydroxylation is 3. The fourth-order valence-corrected chi connectivity index (χ4v) is 2.91. The van der Waals surface area contributed by atoms with Gasteiger partial charge in [-0.05, 0) is 6.92 Å². The monoisotopic (exact) mass is 364 g/mol. The SMILES string of the molecule is Cc1ccc(-c2oc(=O)oc2CCc2oc(=O)oc2-c2ccccc2)cc1. The highest BCUT2D eigenvalue weighted by Gasteiger charge is 2.19. The minimum absolute atomic E-state index is 0.317. The Balaban J connectivity index is 1.63. The van der Waals surface area contributed by atoms with E-state index in [1.54, 1.807) is 0 Å². The molecular weight excluding hydrogens is 348 g/mol. The minimum atomic E-state index is -0.767. The number of benzene rings is 2. The topological polar surface area (TPSA) is 86.7 Å². The zero-order chi connectivity index (χ0) is 18.8. The van der Waals surface area contributed by atoms with Crippen molar-refractivity contribution in [2.75, 3.05) is 0 Å². The molecule has 6 heteroatoms. The Hall–Kier alpha value is -3.54. The first kappa shape index (κ1) is 16.9. The molecule has 0 bridgehead atoms. The third kappa shape index (κ3) is 3.55. The molecule has 0 atom stereocenters. The normalized spacial score (nSPS) is 11.0. The third-order valence-corrected chi connectivity index (χ3v) is 4.22. The standard InChI is InChI=1S/C21H16O6/c1-13-7-9-15(10-8-13)19-17(25-21(23)27-19)12-11-16-18(26-20(22)24-16)14-5-3-2-4-6-14/h2-10H,11-12H2,1H3. The van der Waals surface area contributed by atoms with Gasteiger partial charge in [-0.1, -0.05) is 60.2 Å². The second kappa shape index (κ2) is 6.99. The smallest absolute Gasteiger partial charge is 0.395 e. The third-order valence-electron chi connectivity index (χ3n) is 4.22. The molecule has 0 unspecified atom stereocenters. The van der Waals surface area contributed by atoms with Crippen LogP contribution in [0.3, 0.4) is 0 Å². The van der Waals surface area contributed by atoms with Crippen molar-refractivity contribution in [3.63, 3.8) is 0 Å². The molecule has 4 rings (SSSR count). The maximum absolute atomic E-state index is 11.6. The Morgan fingerprint density at radius 2 is 1.11 bits per heavy atom. The van der Waals surface area contributed by atoms with E-state index in [0.717, 1.165) is 16.7 Å². The van der Waals surface area contributed by atoms with Gasteiger partial charge in [-0.25, -0.2) is 9.59 Å². The fourth-order valence-electron chi connectivity index (χ4n) is 2.91. The molecular formula is C21H16O6. The van der Waals surface area contributed by atoms with Crippen LogP contribution >= 0.6 is 0 Å². The van der Waals surface area contributed by atoms with Crippen molar-refractivity contribution >= 4 is 0 Å². The van der Waals surface area contributed by atoms with E-state index in [-0.39, 0.29) is 0 Å². The predicted octanol–water partition coefficient (Wildman–Crippen LogP) is 4.21. The predicted molar refractivity (Wildman–Crippen MR) is 97.5 cm³/mol. The lowest BCUT2D eigenvalue weighted by Gasteiger charge is -2.01. The van der Waals surface area contributed by atoms with Crippen LogP contribution < -0.4 is 11.6 Å². The zero-order valence-electron chi connectivity index (χ0n) is 14.6. The molecule has 0 amide bonds. The van der Waals surface area contributed by atoms with Gasteiger partial charge in [0.2, 0.25) is 0 Å². The molecule has 2 aromatic carbocycles. The summed E-state index contributed by atoms with van der Waals surface area (Å²) in [6.07, 6.45) is 0.633. The summed E-state index contributed by atoms with van der Waals surface area (Å²) in [6.45, 7) is 1.97. The van der Waals surface area contributed by atoms with Gasteiger partial charge in [-0.2, -0.15) is 0 Å². The molecule has 0 aliphatic rings. The first-order chi connectivity index (χ1) is 13.1. The summed E-state index contributed by atoms with van der Waals surface area (Å²) in [6, 6.07) is 16.8. The van der Waals surface area contributed by atoms with Gasteiger partial charge in [0.1, 0.15) is 0 Å². The lowest BCUT2D eigenvalue weighted by Crippen LogP contribution is -1.94. The Kier molecular flexibility index (Phi) is 4.38. The average Bonchev–Trinajstić information content (AvgIpc) is 3.23. The van der Waals surface area contributed by atoms with Gasteiger partial charge in [-0.15, -0.1) is 0 Å². The van der Waals surface area contributed by atoms with Gasteiger partial charge < -0.3 is 17.7 Å². The molecule has 4 aromatic rings. The van der Waals surface area contributed by atoms with Crippen molar-refractivity contribution in [1.29, 1.82) is 0 Å². The van der Waals surface area contributed by atoms with Crippen LogP contribution in [0.2, 0.25) is 0 Å². The molecule has 136 valence electrons. The van der Waals surface area contributed by atoms with Gasteiger partial charge >= 0.3 is 11.6 Å². The second-order valence-electron chi connectivity index (χ2n) is 6.14. The quantitative estimate of drug-likeness (QED) is 0.527. The zero-order valence-corrected chi connectivity index (χ0v) is 14.6. The minimum Gasteiger partial charge on any atom is -0.395 e. The van der Waals surface area contributed by atoms with Gasteiger partial charge in [-0.3, -0.25) is 0 Å². The first-order valence-electron chi connectivity index (χ1n) is 8.48.